The van der Waals surface area contributed by atoms with Crippen LogP contribution in [-0.2, 0) is 11.3 Å². The molecule has 2 aromatic heterocycles. The van der Waals surface area contributed by atoms with Crippen molar-refractivity contribution in [3.8, 4) is 11.4 Å². The van der Waals surface area contributed by atoms with E-state index in [-0.39, 0.29) is 11.8 Å². The number of nitrogens with zero attached hydrogens (tertiary/aromatic N) is 4. The molecule has 5 rings (SSSR count). The van der Waals surface area contributed by atoms with Crippen molar-refractivity contribution in [2.75, 3.05) is 18.0 Å². The number of nitrogens with one attached hydrogen (secondary N) is 1. The van der Waals surface area contributed by atoms with Crippen LogP contribution in [-0.4, -0.2) is 34.1 Å². The monoisotopic (exact) mass is 431 g/mol. The average molecular weight is 432 g/mol. The van der Waals surface area contributed by atoms with Crippen molar-refractivity contribution in [1.29, 1.82) is 0 Å². The quantitative estimate of drug-likeness (QED) is 0.628. The number of benzene rings is 1. The first kappa shape index (κ1) is 20.7. The Bertz CT molecular complexity index is 1090. The zero-order valence-corrected chi connectivity index (χ0v) is 18.5. The molecule has 3 heterocycles. The molecule has 3 aromatic rings. The van der Waals surface area contributed by atoms with E-state index in [4.69, 9.17) is 4.52 Å². The van der Waals surface area contributed by atoms with Gasteiger partial charge in [0.05, 0.1) is 11.5 Å². The Labute approximate surface area is 188 Å². The van der Waals surface area contributed by atoms with Gasteiger partial charge in [-0.3, -0.25) is 4.79 Å². The fourth-order valence-electron chi connectivity index (χ4n) is 4.53. The van der Waals surface area contributed by atoms with E-state index in [2.05, 4.69) is 44.4 Å². The topological polar surface area (TPSA) is 84.2 Å². The SMILES string of the molecule is Cc1cccc(CNC(=O)C2CCCN(c3ncccc3-c3noc(C4CCC4)n3)C2)c1. The van der Waals surface area contributed by atoms with Crippen LogP contribution in [0.15, 0.2) is 47.1 Å². The Morgan fingerprint density at radius 2 is 2.09 bits per heavy atom. The fourth-order valence-corrected chi connectivity index (χ4v) is 4.53. The highest BCUT2D eigenvalue weighted by atomic mass is 16.5. The number of aromatic nitrogens is 3. The lowest BCUT2D eigenvalue weighted by atomic mass is 9.85. The maximum absolute atomic E-state index is 12.9. The molecule has 0 radical (unpaired) electrons. The second kappa shape index (κ2) is 9.10. The summed E-state index contributed by atoms with van der Waals surface area (Å²) >= 11 is 0. The van der Waals surface area contributed by atoms with Gasteiger partial charge in [-0.05, 0) is 50.3 Å². The summed E-state index contributed by atoms with van der Waals surface area (Å²) in [7, 11) is 0. The highest BCUT2D eigenvalue weighted by Crippen LogP contribution is 2.37. The van der Waals surface area contributed by atoms with E-state index < -0.39 is 0 Å². The third-order valence-corrected chi connectivity index (χ3v) is 6.56. The summed E-state index contributed by atoms with van der Waals surface area (Å²) < 4.78 is 5.54. The molecule has 1 aliphatic heterocycles. The molecule has 32 heavy (non-hydrogen) atoms. The zero-order chi connectivity index (χ0) is 21.9. The lowest BCUT2D eigenvalue weighted by Crippen LogP contribution is -2.43. The van der Waals surface area contributed by atoms with E-state index >= 15 is 0 Å². The van der Waals surface area contributed by atoms with Crippen molar-refractivity contribution in [3.05, 3.63) is 59.6 Å². The molecule has 1 amide bonds. The second-order valence-corrected chi connectivity index (χ2v) is 8.95. The van der Waals surface area contributed by atoms with Crippen LogP contribution in [0.3, 0.4) is 0 Å². The van der Waals surface area contributed by atoms with Crippen LogP contribution in [0.2, 0.25) is 0 Å². The summed E-state index contributed by atoms with van der Waals surface area (Å²) in [5.41, 5.74) is 3.19. The van der Waals surface area contributed by atoms with Crippen LogP contribution in [0, 0.1) is 12.8 Å². The van der Waals surface area contributed by atoms with Gasteiger partial charge in [0.25, 0.3) is 0 Å². The maximum atomic E-state index is 12.9. The molecule has 1 N–H and O–H groups in total. The smallest absolute Gasteiger partial charge is 0.230 e. The summed E-state index contributed by atoms with van der Waals surface area (Å²) in [6.45, 7) is 4.11. The number of aryl methyl sites for hydroxylation is 1. The number of pyridine rings is 1. The largest absolute Gasteiger partial charge is 0.355 e. The third kappa shape index (κ3) is 4.38. The summed E-state index contributed by atoms with van der Waals surface area (Å²) in [6, 6.07) is 12.1. The Morgan fingerprint density at radius 1 is 1.19 bits per heavy atom. The van der Waals surface area contributed by atoms with Gasteiger partial charge in [-0.1, -0.05) is 41.4 Å². The Kier molecular flexibility index (Phi) is 5.88. The number of rotatable bonds is 6. The minimum atomic E-state index is -0.0702. The Hall–Kier alpha value is -3.22. The van der Waals surface area contributed by atoms with Gasteiger partial charge in [0, 0.05) is 31.7 Å². The standard InChI is InChI=1S/C25H29N5O2/c1-17-6-2-7-18(14-17)15-27-24(31)20-10-5-13-30(16-20)23-21(11-4-12-26-23)22-28-25(32-29-22)19-8-3-9-19/h2,4,6-7,11-12,14,19-20H,3,5,8-10,13,15-16H2,1H3,(H,27,31). The van der Waals surface area contributed by atoms with E-state index in [1.54, 1.807) is 6.20 Å². The summed E-state index contributed by atoms with van der Waals surface area (Å²) in [4.78, 5) is 24.4. The molecule has 2 fully saturated rings. The number of amides is 1. The minimum Gasteiger partial charge on any atom is -0.355 e. The second-order valence-electron chi connectivity index (χ2n) is 8.95. The van der Waals surface area contributed by atoms with Gasteiger partial charge in [-0.2, -0.15) is 4.98 Å². The van der Waals surface area contributed by atoms with E-state index in [0.717, 1.165) is 55.1 Å². The minimum absolute atomic E-state index is 0.0702. The third-order valence-electron chi connectivity index (χ3n) is 6.56. The Morgan fingerprint density at radius 3 is 2.91 bits per heavy atom. The molecular weight excluding hydrogens is 402 g/mol. The van der Waals surface area contributed by atoms with E-state index in [1.165, 1.54) is 12.0 Å². The van der Waals surface area contributed by atoms with E-state index in [0.29, 0.717) is 24.8 Å². The molecule has 7 heteroatoms. The number of carbonyl (C=O) groups is 1. The summed E-state index contributed by atoms with van der Waals surface area (Å²) in [5.74, 6) is 2.56. The lowest BCUT2D eigenvalue weighted by Gasteiger charge is -2.33. The first-order valence-corrected chi connectivity index (χ1v) is 11.5. The van der Waals surface area contributed by atoms with Crippen LogP contribution in [0.1, 0.15) is 55.0 Å². The first-order chi connectivity index (χ1) is 15.7. The zero-order valence-electron chi connectivity index (χ0n) is 18.5. The lowest BCUT2D eigenvalue weighted by molar-refractivity contribution is -0.125. The van der Waals surface area contributed by atoms with Crippen molar-refractivity contribution in [2.24, 2.45) is 5.92 Å². The summed E-state index contributed by atoms with van der Waals surface area (Å²) in [5, 5.41) is 7.35. The van der Waals surface area contributed by atoms with Crippen molar-refractivity contribution in [1.82, 2.24) is 20.4 Å². The highest BCUT2D eigenvalue weighted by Gasteiger charge is 2.30. The molecule has 0 bridgehead atoms. The van der Waals surface area contributed by atoms with Crippen molar-refractivity contribution < 1.29 is 9.32 Å². The molecular formula is C25H29N5O2. The molecule has 2 aliphatic rings. The average Bonchev–Trinajstić information content (AvgIpc) is 3.26. The number of piperidine rings is 1. The highest BCUT2D eigenvalue weighted by molar-refractivity contribution is 5.80. The molecule has 1 atom stereocenters. The van der Waals surface area contributed by atoms with Crippen LogP contribution in [0.4, 0.5) is 5.82 Å². The van der Waals surface area contributed by atoms with Gasteiger partial charge in [-0.25, -0.2) is 4.98 Å². The van der Waals surface area contributed by atoms with Crippen LogP contribution < -0.4 is 10.2 Å². The van der Waals surface area contributed by atoms with Crippen LogP contribution in [0.25, 0.3) is 11.4 Å². The van der Waals surface area contributed by atoms with Crippen LogP contribution in [0.5, 0.6) is 0 Å². The van der Waals surface area contributed by atoms with Crippen molar-refractivity contribution in [3.63, 3.8) is 0 Å². The molecule has 1 saturated heterocycles. The first-order valence-electron chi connectivity index (χ1n) is 11.5. The van der Waals surface area contributed by atoms with Gasteiger partial charge >= 0.3 is 0 Å². The molecule has 166 valence electrons. The van der Waals surface area contributed by atoms with E-state index in [1.807, 2.05) is 24.3 Å². The number of carbonyl (C=O) groups excluding carboxylic acids is 1. The number of anilines is 1. The summed E-state index contributed by atoms with van der Waals surface area (Å²) in [6.07, 6.45) is 7.07. The molecule has 1 aliphatic carbocycles. The van der Waals surface area contributed by atoms with Gasteiger partial charge in [0.1, 0.15) is 5.82 Å². The van der Waals surface area contributed by atoms with Crippen molar-refractivity contribution in [2.45, 2.75) is 51.5 Å². The molecule has 1 aromatic carbocycles. The van der Waals surface area contributed by atoms with Crippen molar-refractivity contribution >= 4 is 11.7 Å². The number of hydrogen-bond acceptors (Lipinski definition) is 6. The van der Waals surface area contributed by atoms with Crippen LogP contribution >= 0.6 is 0 Å². The maximum Gasteiger partial charge on any atom is 0.230 e. The number of hydrogen-bond donors (Lipinski definition) is 1. The van der Waals surface area contributed by atoms with Gasteiger partial charge in [0.15, 0.2) is 0 Å². The fraction of sp³-hybridized carbons (Fsp3) is 0.440. The van der Waals surface area contributed by atoms with Gasteiger partial charge in [0.2, 0.25) is 17.6 Å². The molecule has 1 unspecified atom stereocenters. The molecule has 7 nitrogen and oxygen atoms in total. The predicted octanol–water partition coefficient (Wildman–Crippen LogP) is 4.24. The normalized spacial score (nSPS) is 18.9. The van der Waals surface area contributed by atoms with Gasteiger partial charge in [-0.15, -0.1) is 0 Å². The Balaban J connectivity index is 1.28. The predicted molar refractivity (Wildman–Crippen MR) is 122 cm³/mol. The van der Waals surface area contributed by atoms with Gasteiger partial charge < -0.3 is 14.7 Å². The van der Waals surface area contributed by atoms with E-state index in [9.17, 15) is 4.79 Å². The molecule has 1 saturated carbocycles. The molecule has 0 spiro atoms.